The molecule has 55 heavy (non-hydrogen) atoms. The molecule has 0 aliphatic carbocycles. The van der Waals surface area contributed by atoms with Crippen molar-refractivity contribution in [2.75, 3.05) is 71.1 Å². The van der Waals surface area contributed by atoms with Gasteiger partial charge >= 0.3 is 0 Å². The van der Waals surface area contributed by atoms with Gasteiger partial charge in [0.05, 0.1) is 88.9 Å². The van der Waals surface area contributed by atoms with Crippen LogP contribution in [0.15, 0.2) is 42.5 Å². The molecule has 0 aliphatic heterocycles. The van der Waals surface area contributed by atoms with Gasteiger partial charge in [0, 0.05) is 22.3 Å². The van der Waals surface area contributed by atoms with Crippen LogP contribution in [0.1, 0.15) is 0 Å². The summed E-state index contributed by atoms with van der Waals surface area (Å²) in [5.74, 6) is 5.83. The van der Waals surface area contributed by atoms with Crippen molar-refractivity contribution in [1.29, 1.82) is 0 Å². The van der Waals surface area contributed by atoms with Crippen LogP contribution < -0.4 is 47.4 Å². The monoisotopic (exact) mass is 1310 g/mol. The molecule has 5 aromatic rings. The summed E-state index contributed by atoms with van der Waals surface area (Å²) < 4.78 is 63.4. The fraction of sp³-hybridized carbons (Fsp3) is 0.250. The number of benzene rings is 5. The smallest absolute Gasteiger partial charge is 0.174 e. The zero-order valence-electron chi connectivity index (χ0n) is 31.5. The Balaban J connectivity index is 2.09. The van der Waals surface area contributed by atoms with E-state index in [0.717, 1.165) is 62.4 Å². The minimum atomic E-state index is 0.543. The van der Waals surface area contributed by atoms with Gasteiger partial charge in [0.25, 0.3) is 0 Å². The number of hydrogen-bond donors (Lipinski definition) is 0. The first-order valence-electron chi connectivity index (χ1n) is 16.1. The van der Waals surface area contributed by atoms with Gasteiger partial charge in [-0.15, -0.1) is 0 Å². The molecule has 0 spiro atoms. The van der Waals surface area contributed by atoms with Crippen molar-refractivity contribution in [2.24, 2.45) is 0 Å². The van der Waals surface area contributed by atoms with Crippen LogP contribution in [0.25, 0.3) is 44.5 Å². The molecule has 0 aliphatic rings. The number of rotatable bonds is 14. The van der Waals surface area contributed by atoms with Gasteiger partial charge in [-0.05, 0) is 178 Å². The molecule has 0 fully saturated rings. The Labute approximate surface area is 389 Å². The van der Waals surface area contributed by atoms with E-state index in [-0.39, 0.29) is 0 Å². The van der Waals surface area contributed by atoms with E-state index in [2.05, 4.69) is 119 Å². The van der Waals surface area contributed by atoms with Gasteiger partial charge in [0.15, 0.2) is 57.5 Å². The fourth-order valence-corrected chi connectivity index (χ4v) is 11.4. The molecule has 5 aromatic carbocycles. The summed E-state index contributed by atoms with van der Waals surface area (Å²) >= 11 is 11.6. The standard InChI is InChI=1S/C40H37I5O10/c1-46-24-12-11-19(32(42)37(24)52-7)29-21(16-27(49-4)39(54-9)33(29)43)31-22(17-28(50-5)40(55-10)35(31)45)30-20(15-26(48-3)38(53-8)34(30)44)18-13-23(41)36(51-6)25(14-18)47-2/h11-17H,1-10H3. The second kappa shape index (κ2) is 19.0. The number of hydrogen-bond acceptors (Lipinski definition) is 10. The Morgan fingerprint density at radius 2 is 0.655 bits per heavy atom. The van der Waals surface area contributed by atoms with E-state index in [4.69, 9.17) is 47.4 Å². The van der Waals surface area contributed by atoms with E-state index in [0.29, 0.717) is 57.5 Å². The summed E-state index contributed by atoms with van der Waals surface area (Å²) in [6.07, 6.45) is 0. The van der Waals surface area contributed by atoms with Crippen molar-refractivity contribution < 1.29 is 47.4 Å². The normalized spacial score (nSPS) is 10.8. The minimum Gasteiger partial charge on any atom is -0.493 e. The fourth-order valence-electron chi connectivity index (χ4n) is 6.42. The Morgan fingerprint density at radius 3 is 1.05 bits per heavy atom. The Hall–Kier alpha value is -2.25. The van der Waals surface area contributed by atoms with Gasteiger partial charge in [0.2, 0.25) is 0 Å². The SMILES string of the molecule is COc1cc(-c2cc(OC)c(OC)c(I)c2-c2cc(OC)c(OC)c(I)c2-c2cc(OC)c(OC)c(I)c2-c2ccc(OC)c(OC)c2I)cc(I)c1OC. The summed E-state index contributed by atoms with van der Waals surface area (Å²) in [5.41, 5.74) is 6.86. The van der Waals surface area contributed by atoms with Crippen molar-refractivity contribution in [1.82, 2.24) is 0 Å². The van der Waals surface area contributed by atoms with E-state index >= 15 is 0 Å². The summed E-state index contributed by atoms with van der Waals surface area (Å²) in [6, 6.07) is 13.9. The molecule has 0 aromatic heterocycles. The molecule has 0 N–H and O–H groups in total. The third-order valence-electron chi connectivity index (χ3n) is 8.87. The number of ether oxygens (including phenoxy) is 10. The molecule has 5 rings (SSSR count). The summed E-state index contributed by atoms with van der Waals surface area (Å²) in [5, 5.41) is 0. The largest absolute Gasteiger partial charge is 0.493 e. The van der Waals surface area contributed by atoms with Crippen LogP contribution in [-0.2, 0) is 0 Å². The zero-order valence-corrected chi connectivity index (χ0v) is 42.3. The lowest BCUT2D eigenvalue weighted by atomic mass is 9.85. The second-order valence-electron chi connectivity index (χ2n) is 11.4. The van der Waals surface area contributed by atoms with Crippen molar-refractivity contribution in [3.63, 3.8) is 0 Å². The highest BCUT2D eigenvalue weighted by atomic mass is 127. The Bertz CT molecular complexity index is 2260. The molecule has 0 amide bonds. The molecule has 0 unspecified atom stereocenters. The molecule has 0 saturated heterocycles. The van der Waals surface area contributed by atoms with E-state index in [1.165, 1.54) is 0 Å². The van der Waals surface area contributed by atoms with Crippen molar-refractivity contribution >= 4 is 113 Å². The average Bonchev–Trinajstić information content (AvgIpc) is 3.19. The first-order chi connectivity index (χ1) is 26.4. The summed E-state index contributed by atoms with van der Waals surface area (Å²) in [7, 11) is 16.3. The van der Waals surface area contributed by atoms with Crippen molar-refractivity contribution in [3.05, 3.63) is 60.3 Å². The Morgan fingerprint density at radius 1 is 0.309 bits per heavy atom. The number of halogens is 5. The quantitative estimate of drug-likeness (QED) is 0.100. The molecule has 0 radical (unpaired) electrons. The van der Waals surface area contributed by atoms with Gasteiger partial charge in [-0.1, -0.05) is 0 Å². The van der Waals surface area contributed by atoms with Crippen LogP contribution >= 0.6 is 113 Å². The number of methoxy groups -OCH3 is 10. The lowest BCUT2D eigenvalue weighted by Crippen LogP contribution is -2.05. The third kappa shape index (κ3) is 7.97. The molecule has 0 bridgehead atoms. The highest BCUT2D eigenvalue weighted by molar-refractivity contribution is 14.1. The summed E-state index contributed by atoms with van der Waals surface area (Å²) in [6.45, 7) is 0. The molecule has 15 heteroatoms. The predicted octanol–water partition coefficient (Wildman–Crippen LogP) is 11.5. The van der Waals surface area contributed by atoms with Crippen LogP contribution in [0.5, 0.6) is 57.5 Å². The van der Waals surface area contributed by atoms with E-state index in [9.17, 15) is 0 Å². The minimum absolute atomic E-state index is 0.543. The topological polar surface area (TPSA) is 92.3 Å². The molecular formula is C40H37I5O10. The van der Waals surface area contributed by atoms with Crippen molar-refractivity contribution in [3.8, 4) is 102 Å². The predicted molar refractivity (Wildman–Crippen MR) is 257 cm³/mol. The van der Waals surface area contributed by atoms with Gasteiger partial charge in [-0.2, -0.15) is 0 Å². The highest BCUT2D eigenvalue weighted by Gasteiger charge is 2.32. The van der Waals surface area contributed by atoms with Crippen LogP contribution in [-0.4, -0.2) is 71.1 Å². The van der Waals surface area contributed by atoms with E-state index < -0.39 is 0 Å². The van der Waals surface area contributed by atoms with Crippen LogP contribution in [0, 0.1) is 17.9 Å². The third-order valence-corrected chi connectivity index (χ3v) is 13.8. The van der Waals surface area contributed by atoms with E-state index in [1.807, 2.05) is 36.4 Å². The van der Waals surface area contributed by atoms with Gasteiger partial charge in [-0.3, -0.25) is 0 Å². The maximum atomic E-state index is 6.08. The van der Waals surface area contributed by atoms with Crippen molar-refractivity contribution in [2.45, 2.75) is 0 Å². The lowest BCUT2D eigenvalue weighted by molar-refractivity contribution is 0.352. The maximum Gasteiger partial charge on any atom is 0.174 e. The van der Waals surface area contributed by atoms with Gasteiger partial charge in [0.1, 0.15) is 0 Å². The van der Waals surface area contributed by atoms with Gasteiger partial charge in [-0.25, -0.2) is 0 Å². The average molecular weight is 1310 g/mol. The molecule has 292 valence electrons. The molecule has 10 nitrogen and oxygen atoms in total. The van der Waals surface area contributed by atoms with E-state index in [1.54, 1.807) is 71.1 Å². The summed E-state index contributed by atoms with van der Waals surface area (Å²) in [4.78, 5) is 0. The van der Waals surface area contributed by atoms with Crippen LogP contribution in [0.2, 0.25) is 0 Å². The first-order valence-corrected chi connectivity index (χ1v) is 21.5. The van der Waals surface area contributed by atoms with Gasteiger partial charge < -0.3 is 47.4 Å². The lowest BCUT2D eigenvalue weighted by Gasteiger charge is -2.26. The zero-order chi connectivity index (χ0) is 40.3. The molecule has 0 saturated carbocycles. The van der Waals surface area contributed by atoms with Crippen LogP contribution in [0.4, 0.5) is 0 Å². The first kappa shape index (κ1) is 43.9. The Kier molecular flexibility index (Phi) is 15.2. The molecule has 0 atom stereocenters. The second-order valence-corrected chi connectivity index (χ2v) is 16.9. The maximum absolute atomic E-state index is 6.08. The molecule has 0 heterocycles. The molecular weight excluding hydrogens is 1270 g/mol. The highest BCUT2D eigenvalue weighted by Crippen LogP contribution is 2.57. The van der Waals surface area contributed by atoms with Crippen LogP contribution in [0.3, 0.4) is 0 Å².